The summed E-state index contributed by atoms with van der Waals surface area (Å²) in [5.74, 6) is 4.39. The lowest BCUT2D eigenvalue weighted by atomic mass is 9.50. The Balaban J connectivity index is 1.19. The van der Waals surface area contributed by atoms with Crippen LogP contribution in [0.25, 0.3) is 0 Å². The molecular formula is C30H48O5. The summed E-state index contributed by atoms with van der Waals surface area (Å²) < 4.78 is 11.9. The zero-order chi connectivity index (χ0) is 25.3. The van der Waals surface area contributed by atoms with Gasteiger partial charge in [0.15, 0.2) is 0 Å². The van der Waals surface area contributed by atoms with Crippen LogP contribution in [0.2, 0.25) is 0 Å². The molecule has 0 amide bonds. The minimum absolute atomic E-state index is 0.0131. The minimum atomic E-state index is -0.663. The van der Waals surface area contributed by atoms with Crippen LogP contribution in [0.5, 0.6) is 0 Å². The van der Waals surface area contributed by atoms with Crippen molar-refractivity contribution < 1.29 is 24.2 Å². The van der Waals surface area contributed by atoms with E-state index >= 15 is 0 Å². The van der Waals surface area contributed by atoms with Gasteiger partial charge in [0, 0.05) is 0 Å². The summed E-state index contributed by atoms with van der Waals surface area (Å²) >= 11 is 0. The highest BCUT2D eigenvalue weighted by molar-refractivity contribution is 5.72. The number of hydrogen-bond acceptors (Lipinski definition) is 5. The molecule has 0 spiro atoms. The second-order valence-corrected chi connectivity index (χ2v) is 14.5. The summed E-state index contributed by atoms with van der Waals surface area (Å²) in [4.78, 5) is 25.7. The molecule has 35 heavy (non-hydrogen) atoms. The summed E-state index contributed by atoms with van der Waals surface area (Å²) in [6.45, 7) is 12.2. The molecule has 0 heterocycles. The molecule has 0 aromatic carbocycles. The number of rotatable bonds is 7. The molecule has 0 radical (unpaired) electrons. The predicted octanol–water partition coefficient (Wildman–Crippen LogP) is 5.77. The van der Waals surface area contributed by atoms with Crippen molar-refractivity contribution in [2.75, 3.05) is 0 Å². The molecule has 6 saturated carbocycles. The zero-order valence-corrected chi connectivity index (χ0v) is 22.8. The smallest absolute Gasteiger partial charge is 0.309 e. The number of aliphatic hydroxyl groups excluding tert-OH is 1. The summed E-state index contributed by atoms with van der Waals surface area (Å²) in [6, 6.07) is 0. The largest absolute Gasteiger partial charge is 0.460 e. The summed E-state index contributed by atoms with van der Waals surface area (Å²) in [7, 11) is 0. The van der Waals surface area contributed by atoms with Crippen LogP contribution < -0.4 is 0 Å². The Bertz CT molecular complexity index is 799. The van der Waals surface area contributed by atoms with Gasteiger partial charge in [-0.25, -0.2) is 0 Å². The maximum absolute atomic E-state index is 13.4. The lowest BCUT2D eigenvalue weighted by Gasteiger charge is -2.59. The molecule has 7 atom stereocenters. The lowest BCUT2D eigenvalue weighted by molar-refractivity contribution is -0.207. The van der Waals surface area contributed by atoms with Crippen molar-refractivity contribution in [2.45, 2.75) is 117 Å². The third kappa shape index (κ3) is 4.80. The third-order valence-corrected chi connectivity index (χ3v) is 11.1. The number of carbonyl (C=O) groups excluding carboxylic acids is 2. The predicted molar refractivity (Wildman–Crippen MR) is 134 cm³/mol. The van der Waals surface area contributed by atoms with Crippen LogP contribution in [0.15, 0.2) is 0 Å². The average Bonchev–Trinajstić information content (AvgIpc) is 3.30. The van der Waals surface area contributed by atoms with Crippen LogP contribution >= 0.6 is 0 Å². The number of aliphatic hydroxyl groups is 1. The van der Waals surface area contributed by atoms with Crippen LogP contribution in [0.1, 0.15) is 99.3 Å². The van der Waals surface area contributed by atoms with Crippen molar-refractivity contribution in [2.24, 2.45) is 59.2 Å². The van der Waals surface area contributed by atoms with Crippen molar-refractivity contribution in [3.8, 4) is 0 Å². The first-order valence-corrected chi connectivity index (χ1v) is 14.5. The topological polar surface area (TPSA) is 72.8 Å². The SMILES string of the molecule is CC(CC1C(C)C2CC(C(O)CC(=O)OC(C)(C)C)C1C2)C(=O)OC1(C)C2CC3CC(C2)CC1C3. The molecule has 6 rings (SSSR count). The number of carbonyl (C=O) groups is 2. The second kappa shape index (κ2) is 9.03. The van der Waals surface area contributed by atoms with Crippen molar-refractivity contribution >= 4 is 11.9 Å². The van der Waals surface area contributed by atoms with Gasteiger partial charge in [0.25, 0.3) is 0 Å². The maximum Gasteiger partial charge on any atom is 0.309 e. The molecule has 5 nitrogen and oxygen atoms in total. The van der Waals surface area contributed by atoms with Gasteiger partial charge in [-0.15, -0.1) is 0 Å². The van der Waals surface area contributed by atoms with Crippen LogP contribution in [-0.4, -0.2) is 34.4 Å². The quantitative estimate of drug-likeness (QED) is 0.461. The van der Waals surface area contributed by atoms with Gasteiger partial charge < -0.3 is 14.6 Å². The van der Waals surface area contributed by atoms with E-state index in [2.05, 4.69) is 13.8 Å². The van der Waals surface area contributed by atoms with Gasteiger partial charge in [0.1, 0.15) is 11.2 Å². The molecule has 0 aromatic heterocycles. The molecule has 6 bridgehead atoms. The zero-order valence-electron chi connectivity index (χ0n) is 22.8. The Morgan fingerprint density at radius 2 is 1.60 bits per heavy atom. The second-order valence-electron chi connectivity index (χ2n) is 14.5. The molecule has 5 heteroatoms. The maximum atomic E-state index is 13.4. The van der Waals surface area contributed by atoms with Gasteiger partial charge in [0.2, 0.25) is 0 Å². The number of hydrogen-bond donors (Lipinski definition) is 1. The Morgan fingerprint density at radius 1 is 1.00 bits per heavy atom. The first kappa shape index (κ1) is 25.5. The highest BCUT2D eigenvalue weighted by atomic mass is 16.6. The van der Waals surface area contributed by atoms with E-state index in [9.17, 15) is 14.7 Å². The standard InChI is InChI=1S/C30H48O5/c1-16(28(33)35-30(6)21-9-18-8-19(11-21)12-22(30)10-18)7-23-17(2)20-13-24(23)25(14-20)26(31)15-27(32)34-29(3,4)5/h16-26,31H,7-15H2,1-6H3. The van der Waals surface area contributed by atoms with Gasteiger partial charge in [0.05, 0.1) is 18.4 Å². The Kier molecular flexibility index (Phi) is 6.59. The third-order valence-electron chi connectivity index (χ3n) is 11.1. The van der Waals surface area contributed by atoms with E-state index in [1.165, 1.54) is 32.1 Å². The molecule has 198 valence electrons. The fourth-order valence-corrected chi connectivity index (χ4v) is 9.45. The highest BCUT2D eigenvalue weighted by Gasteiger charge is 2.58. The van der Waals surface area contributed by atoms with Crippen molar-refractivity contribution in [3.63, 3.8) is 0 Å². The molecule has 0 aliphatic heterocycles. The first-order valence-electron chi connectivity index (χ1n) is 14.5. The van der Waals surface area contributed by atoms with Gasteiger partial charge in [-0.3, -0.25) is 9.59 Å². The molecule has 0 aromatic rings. The summed E-state index contributed by atoms with van der Waals surface area (Å²) in [5, 5.41) is 11.0. The minimum Gasteiger partial charge on any atom is -0.460 e. The Labute approximate surface area is 212 Å². The fourth-order valence-electron chi connectivity index (χ4n) is 9.45. The van der Waals surface area contributed by atoms with E-state index in [1.807, 2.05) is 27.7 Å². The van der Waals surface area contributed by atoms with Gasteiger partial charge >= 0.3 is 11.9 Å². The lowest BCUT2D eigenvalue weighted by Crippen LogP contribution is -2.58. The van der Waals surface area contributed by atoms with Crippen molar-refractivity contribution in [3.05, 3.63) is 0 Å². The molecular weight excluding hydrogens is 440 g/mol. The van der Waals surface area contributed by atoms with E-state index in [4.69, 9.17) is 9.47 Å². The van der Waals surface area contributed by atoms with Crippen molar-refractivity contribution in [1.82, 2.24) is 0 Å². The van der Waals surface area contributed by atoms with Gasteiger partial charge in [-0.1, -0.05) is 13.8 Å². The van der Waals surface area contributed by atoms with E-state index in [0.717, 1.165) is 31.1 Å². The van der Waals surface area contributed by atoms with Crippen LogP contribution in [-0.2, 0) is 19.1 Å². The molecule has 0 saturated heterocycles. The van der Waals surface area contributed by atoms with E-state index in [1.54, 1.807) is 0 Å². The van der Waals surface area contributed by atoms with E-state index < -0.39 is 11.7 Å². The molecule has 7 unspecified atom stereocenters. The average molecular weight is 489 g/mol. The van der Waals surface area contributed by atoms with Crippen LogP contribution in [0.3, 0.4) is 0 Å². The summed E-state index contributed by atoms with van der Waals surface area (Å²) in [5.41, 5.74) is -0.808. The molecule has 6 fully saturated rings. The van der Waals surface area contributed by atoms with Gasteiger partial charge in [-0.05, 0) is 132 Å². The van der Waals surface area contributed by atoms with Crippen LogP contribution in [0.4, 0.5) is 0 Å². The Morgan fingerprint density at radius 3 is 2.14 bits per heavy atom. The normalized spacial score (nSPS) is 45.4. The van der Waals surface area contributed by atoms with Gasteiger partial charge in [-0.2, -0.15) is 0 Å². The first-order chi connectivity index (χ1) is 16.3. The van der Waals surface area contributed by atoms with E-state index in [-0.39, 0.29) is 35.8 Å². The number of esters is 2. The fraction of sp³-hybridized carbons (Fsp3) is 0.933. The molecule has 1 N–H and O–H groups in total. The van der Waals surface area contributed by atoms with Crippen LogP contribution in [0, 0.1) is 59.2 Å². The summed E-state index contributed by atoms with van der Waals surface area (Å²) in [6.07, 6.45) is 8.68. The molecule has 6 aliphatic rings. The highest BCUT2D eigenvalue weighted by Crippen LogP contribution is 2.60. The number of ether oxygens (including phenoxy) is 2. The van der Waals surface area contributed by atoms with E-state index in [0.29, 0.717) is 35.5 Å². The Hall–Kier alpha value is -1.10. The number of fused-ring (bicyclic) bond motifs is 2. The molecule has 6 aliphatic carbocycles. The van der Waals surface area contributed by atoms with Crippen molar-refractivity contribution in [1.29, 1.82) is 0 Å². The monoisotopic (exact) mass is 488 g/mol.